The first-order chi connectivity index (χ1) is 20.6. The maximum Gasteiger partial charge on any atom is -0.147 e. The van der Waals surface area contributed by atoms with Crippen LogP contribution in [0.5, 0.6) is 0 Å². The smallest absolute Gasteiger partial charge is 0.147 e. The van der Waals surface area contributed by atoms with Crippen LogP contribution in [0.3, 0.4) is 0 Å². The molecule has 0 saturated carbocycles. The van der Waals surface area contributed by atoms with Crippen LogP contribution in [-0.4, -0.2) is 6.88 Å². The molecule has 4 aromatic rings. The molecule has 0 amide bonds. The Morgan fingerprint density at radius 3 is 1.89 bits per heavy atom. The number of allylic oxidation sites excluding steroid dienone is 2. The van der Waals surface area contributed by atoms with Crippen molar-refractivity contribution in [2.45, 2.75) is 77.3 Å². The van der Waals surface area contributed by atoms with Crippen LogP contribution in [0.2, 0.25) is 9.26 Å². The first-order valence-corrected chi connectivity index (χ1v) is 30.2. The predicted molar refractivity (Wildman–Crippen MR) is 209 cm³/mol. The van der Waals surface area contributed by atoms with Gasteiger partial charge in [0, 0.05) is 0 Å². The van der Waals surface area contributed by atoms with E-state index in [4.69, 9.17) is 0 Å². The minimum absolute atomic E-state index is 0. The summed E-state index contributed by atoms with van der Waals surface area (Å²) in [6.45, 7) is 21.2. The summed E-state index contributed by atoms with van der Waals surface area (Å²) >= 11 is -3.68. The molecule has 0 radical (unpaired) electrons. The maximum absolute atomic E-state index is 3.68. The predicted octanol–water partition coefficient (Wildman–Crippen LogP) is 12.4. The molecule has 0 fully saturated rings. The van der Waals surface area contributed by atoms with E-state index in [1.807, 2.05) is 0 Å². The van der Waals surface area contributed by atoms with Crippen LogP contribution in [0.25, 0.3) is 34.4 Å². The van der Waals surface area contributed by atoms with Crippen molar-refractivity contribution in [2.24, 2.45) is 5.92 Å². The van der Waals surface area contributed by atoms with Gasteiger partial charge in [0.15, 0.2) is 0 Å². The standard InChI is InChI=1S/C21H23.C19H19.2CH3.2ClH.H2Si.Zr/c1-14-12-19-15(2)6-11-18(20(19)13-14)16-7-9-17(10-8-16)21(3,4)5;1-13(2)16-11-15-8-6-10-18(19(15)12-16)17-9-5-4-7-14(17)3;;;;;;/h6-13H,1-5H3;4-13H,1-3H3;2*1H3;2*1H;1H2;. The van der Waals surface area contributed by atoms with Crippen LogP contribution in [0, 0.1) is 19.8 Å². The van der Waals surface area contributed by atoms with Crippen LogP contribution in [0.4, 0.5) is 0 Å². The molecule has 2 unspecified atom stereocenters. The van der Waals surface area contributed by atoms with Gasteiger partial charge in [-0.1, -0.05) is 0 Å². The molecule has 0 bridgehead atoms. The van der Waals surface area contributed by atoms with Crippen molar-refractivity contribution in [1.82, 2.24) is 0 Å². The maximum atomic E-state index is 2.78. The van der Waals surface area contributed by atoms with Gasteiger partial charge in [-0.25, -0.2) is 0 Å². The second kappa shape index (κ2) is 12.8. The summed E-state index contributed by atoms with van der Waals surface area (Å²) in [7, 11) is 0. The molecule has 0 saturated heterocycles. The first kappa shape index (κ1) is 36.9. The third-order valence-corrected chi connectivity index (χ3v) is 28.3. The minimum Gasteiger partial charge on any atom is -0.147 e. The zero-order chi connectivity index (χ0) is 31.8. The summed E-state index contributed by atoms with van der Waals surface area (Å²) in [5, 5.41) is 0. The Morgan fingerprint density at radius 2 is 1.28 bits per heavy atom. The van der Waals surface area contributed by atoms with E-state index in [2.05, 4.69) is 163 Å². The molecule has 46 heavy (non-hydrogen) atoms. The molecule has 0 aliphatic heterocycles. The van der Waals surface area contributed by atoms with E-state index in [9.17, 15) is 0 Å². The molecular formula is C42H52Cl2SiZr. The molecule has 4 aromatic carbocycles. The second-order valence-corrected chi connectivity index (χ2v) is 46.7. The van der Waals surface area contributed by atoms with Gasteiger partial charge in [0.25, 0.3) is 0 Å². The van der Waals surface area contributed by atoms with E-state index in [0.717, 1.165) is 0 Å². The fourth-order valence-corrected chi connectivity index (χ4v) is 29.3. The van der Waals surface area contributed by atoms with Crippen LogP contribution in [-0.2, 0) is 22.8 Å². The van der Waals surface area contributed by atoms with Crippen molar-refractivity contribution in [3.05, 3.63) is 129 Å². The van der Waals surface area contributed by atoms with Crippen molar-refractivity contribution in [3.63, 3.8) is 0 Å². The number of hydrogen-bond donors (Lipinski definition) is 0. The Balaban J connectivity index is 0.00000240. The van der Waals surface area contributed by atoms with Crippen molar-refractivity contribution in [2.75, 3.05) is 0 Å². The monoisotopic (exact) mass is 744 g/mol. The summed E-state index contributed by atoms with van der Waals surface area (Å²) in [6.07, 6.45) is 5.17. The zero-order valence-corrected chi connectivity index (χ0v) is 34.9. The van der Waals surface area contributed by atoms with Crippen molar-refractivity contribution >= 4 is 43.8 Å². The van der Waals surface area contributed by atoms with Crippen LogP contribution in [0.1, 0.15) is 87.7 Å². The Kier molecular flexibility index (Phi) is 10.3. The van der Waals surface area contributed by atoms with Crippen LogP contribution >= 0.6 is 24.8 Å². The molecule has 0 heterocycles. The molecule has 0 N–H and O–H groups in total. The van der Waals surface area contributed by atoms with Gasteiger partial charge in [-0.2, -0.15) is 0 Å². The molecule has 242 valence electrons. The number of aryl methyl sites for hydroxylation is 2. The summed E-state index contributed by atoms with van der Waals surface area (Å²) in [6, 6.07) is 30.2. The molecule has 0 spiro atoms. The van der Waals surface area contributed by atoms with Crippen molar-refractivity contribution < 1.29 is 17.4 Å². The fraction of sp³-hybridized carbons (Fsp3) is 0.333. The fourth-order valence-electron chi connectivity index (χ4n) is 8.71. The van der Waals surface area contributed by atoms with E-state index in [0.29, 0.717) is 13.2 Å². The SMILES string of the molecule is CC1=Cc2c(-c3ccc(C(C)(C)C)cc3)ccc(C)c2[CH]1[Zr]([CH3])([CH3])(=[SiH2])[CH]1C(C(C)C)=Cc2c(-c3ccccc3C)cccc21.Cl.Cl. The van der Waals surface area contributed by atoms with Crippen molar-refractivity contribution in [1.29, 1.82) is 0 Å². The van der Waals surface area contributed by atoms with Gasteiger partial charge >= 0.3 is 271 Å². The normalized spacial score (nSPS) is 17.5. The average molecular weight is 747 g/mol. The number of fused-ring (bicyclic) bond motifs is 2. The zero-order valence-electron chi connectivity index (χ0n) is 29.4. The van der Waals surface area contributed by atoms with Crippen LogP contribution in [0.15, 0.2) is 90.0 Å². The minimum atomic E-state index is -3.68. The Bertz CT molecular complexity index is 1930. The Morgan fingerprint density at radius 1 is 0.652 bits per heavy atom. The topological polar surface area (TPSA) is 0 Å². The van der Waals surface area contributed by atoms with E-state index in [-0.39, 0.29) is 30.2 Å². The quantitative estimate of drug-likeness (QED) is 0.178. The van der Waals surface area contributed by atoms with Gasteiger partial charge in [0.2, 0.25) is 0 Å². The van der Waals surface area contributed by atoms with Gasteiger partial charge in [0.05, 0.1) is 0 Å². The van der Waals surface area contributed by atoms with Crippen LogP contribution < -0.4 is 0 Å². The summed E-state index contributed by atoms with van der Waals surface area (Å²) in [5.41, 5.74) is 19.2. The molecular weight excluding hydrogens is 695 g/mol. The number of hydrogen-bond acceptors (Lipinski definition) is 0. The van der Waals surface area contributed by atoms with Gasteiger partial charge in [-0.3, -0.25) is 0 Å². The van der Waals surface area contributed by atoms with Gasteiger partial charge in [-0.15, -0.1) is 24.8 Å². The molecule has 6 rings (SSSR count). The van der Waals surface area contributed by atoms with Crippen molar-refractivity contribution in [3.8, 4) is 22.3 Å². The molecule has 4 heteroatoms. The van der Waals surface area contributed by atoms with E-state index in [1.54, 1.807) is 22.3 Å². The van der Waals surface area contributed by atoms with Gasteiger partial charge < -0.3 is 0 Å². The largest absolute Gasteiger partial charge is 0.147 e. The Hall–Kier alpha value is -1.96. The number of benzene rings is 4. The van der Waals surface area contributed by atoms with E-state index >= 15 is 0 Å². The number of rotatable bonds is 5. The molecule has 2 atom stereocenters. The summed E-state index contributed by atoms with van der Waals surface area (Å²) < 4.78 is 6.58. The summed E-state index contributed by atoms with van der Waals surface area (Å²) in [4.78, 5) is 0. The summed E-state index contributed by atoms with van der Waals surface area (Å²) in [5.74, 6) is 0.508. The van der Waals surface area contributed by atoms with Gasteiger partial charge in [0.1, 0.15) is 0 Å². The molecule has 2 aliphatic rings. The van der Waals surface area contributed by atoms with E-state index in [1.165, 1.54) is 50.1 Å². The molecule has 0 aromatic heterocycles. The average Bonchev–Trinajstić information content (AvgIpc) is 3.53. The first-order valence-electron chi connectivity index (χ1n) is 16.5. The van der Waals surface area contributed by atoms with E-state index < -0.39 is 17.4 Å². The van der Waals surface area contributed by atoms with Gasteiger partial charge in [-0.05, 0) is 0 Å². The third-order valence-electron chi connectivity index (χ3n) is 10.8. The third kappa shape index (κ3) is 6.07. The molecule has 2 aliphatic carbocycles. The Labute approximate surface area is 293 Å². The molecule has 0 nitrogen and oxygen atoms in total. The second-order valence-electron chi connectivity index (χ2n) is 16.2. The number of halogens is 2.